The molecule has 9 amide bonds. The molecular weight excluding hydrogens is 1640 g/mol. The number of aromatic nitrogens is 2. The van der Waals surface area contributed by atoms with Crippen molar-refractivity contribution in [1.82, 2.24) is 57.0 Å². The minimum Gasteiger partial charge on any atom is -0.481 e. The fourth-order valence-electron chi connectivity index (χ4n) is 14.5. The summed E-state index contributed by atoms with van der Waals surface area (Å²) in [5.41, 5.74) is 18.9. The molecule has 0 aliphatic carbocycles. The van der Waals surface area contributed by atoms with E-state index in [1.54, 1.807) is 30.3 Å². The molecule has 1 unspecified atom stereocenters. The van der Waals surface area contributed by atoms with Crippen LogP contribution >= 0.6 is 11.8 Å². The van der Waals surface area contributed by atoms with Gasteiger partial charge in [-0.15, -0.1) is 0 Å². The van der Waals surface area contributed by atoms with Crippen LogP contribution in [0.3, 0.4) is 0 Å². The maximum atomic E-state index is 14.9. The molecule has 2 aromatic rings. The summed E-state index contributed by atoms with van der Waals surface area (Å²) >= 11 is 1.18. The molecule has 3 heterocycles. The second-order valence-corrected chi connectivity index (χ2v) is 33.0. The number of thioether (sulfide) groups is 1. The quantitative estimate of drug-likeness (QED) is 0.0231. The number of aliphatic carboxylic acids is 3. The van der Waals surface area contributed by atoms with Gasteiger partial charge < -0.3 is 99.1 Å². The fourth-order valence-corrected chi connectivity index (χ4v) is 15.4. The van der Waals surface area contributed by atoms with Crippen LogP contribution in [-0.2, 0) is 89.4 Å². The number of halogens is 3. The van der Waals surface area contributed by atoms with Gasteiger partial charge >= 0.3 is 36.0 Å². The maximum absolute atomic E-state index is 14.9. The first-order chi connectivity index (χ1) is 59.5. The Balaban J connectivity index is 0.00000542. The number of carboxylic acid groups (broad SMARTS) is 3. The predicted molar refractivity (Wildman–Crippen MR) is 460 cm³/mol. The number of rotatable bonds is 67. The summed E-state index contributed by atoms with van der Waals surface area (Å²) in [7, 11) is 0. The number of H-pyrrole nitrogens is 1. The number of hydrogen-bond donors (Lipinski definition) is 15. The van der Waals surface area contributed by atoms with Gasteiger partial charge in [0.1, 0.15) is 61.0 Å². The monoisotopic (exact) mass is 1780 g/mol. The third-order valence-corrected chi connectivity index (χ3v) is 22.7. The molecule has 34 nitrogen and oxygen atoms in total. The number of ether oxygens (including phenoxy) is 2. The molecule has 0 bridgehead atoms. The number of benzene rings is 1. The van der Waals surface area contributed by atoms with Crippen LogP contribution in [-0.4, -0.2) is 247 Å². The Hall–Kier alpha value is -9.01. The zero-order chi connectivity index (χ0) is 91.5. The van der Waals surface area contributed by atoms with Gasteiger partial charge in [0.05, 0.1) is 31.9 Å². The number of carbonyl (C=O) groups excluding carboxylic acids is 11. The van der Waals surface area contributed by atoms with Gasteiger partial charge in [-0.2, -0.15) is 24.9 Å². The molecule has 1 aromatic heterocycles. The maximum Gasteiger partial charge on any atom is 0.490 e. The Morgan fingerprint density at radius 2 is 0.984 bits per heavy atom. The zero-order valence-electron chi connectivity index (χ0n) is 72.6. The molecule has 10 atom stereocenters. The Morgan fingerprint density at radius 1 is 0.540 bits per heavy atom. The van der Waals surface area contributed by atoms with Gasteiger partial charge in [-0.1, -0.05) is 198 Å². The average molecular weight is 1780 g/mol. The number of aliphatic hydroxyl groups is 1. The predicted octanol–water partition coefficient (Wildman–Crippen LogP) is 7.12. The highest BCUT2D eigenvalue weighted by molar-refractivity contribution is 7.99. The molecule has 4 rings (SSSR count). The standard InChI is InChI=1S/C84H140N14O18S.C2HF3O2/c1-3-5-7-9-11-13-15-17-19-21-23-25-30-44-74(103)115-56-62(116-75(104)45-31-26-24-22-20-18-16-14-12-10-8-6-4-2)57-117-58-63(87)76(105)89-54-72(100)91-67(52-73(101)102)83(112)98-49-37-43-71(98)81(110)92-64(40-32-34-46-85)77(106)94-66(51-61-53-88-59-90-61)82(111)97-48-36-42-70(97)80(109)93-65(41-33-35-47-86)78(107)96-69(55-99)79(108)95-68(84(113)114)50-60-38-28-27-29-39-60;3-2(4,5)1(6)7/h27-29,38-39,53,59,62-71,99H,3-26,30-37,40-52,54-58,85-87H2,1-2H3,(H,88,90)(H,89,105)(H,91,100)(H,92,110)(H,93,109)(H,94,106)(H,95,108)(H,96,107)(H,101,102)(H,113,114);(H,6,7)/t62?,63-,64-,65-,66-,67-,68-,69-,70-,71-;/m0./s1. The zero-order valence-corrected chi connectivity index (χ0v) is 73.4. The van der Waals surface area contributed by atoms with Crippen molar-refractivity contribution < 1.29 is 110 Å². The lowest BCUT2D eigenvalue weighted by atomic mass is 10.0. The van der Waals surface area contributed by atoms with E-state index in [0.717, 1.165) is 43.4 Å². The van der Waals surface area contributed by atoms with Crippen molar-refractivity contribution in [3.05, 3.63) is 54.1 Å². The number of nitrogens with two attached hydrogens (primary N) is 3. The molecule has 0 spiro atoms. The topological polar surface area (TPSA) is 536 Å². The van der Waals surface area contributed by atoms with E-state index in [1.807, 2.05) is 0 Å². The average Bonchev–Trinajstić information content (AvgIpc) is 1.66. The number of alkyl halides is 3. The number of nitrogens with one attached hydrogen (secondary N) is 8. The SMILES string of the molecule is CCCCCCCCCCCCCCCC(=O)OCC(CSC[C@H](N)C(=O)NCC(=O)N[C@@H](CC(=O)O)C(=O)N1CCC[C@H]1C(=O)N[C@@H](CCCCN)C(=O)N[C@@H](Cc1cnc[nH]1)C(=O)N1CCC[C@H]1C(=O)N[C@@H](CCCCN)C(=O)N[C@@H](CO)C(=O)N[C@@H](Cc1ccccc1)C(=O)O)OC(=O)CCCCCCCCCCCCCCC.O=C(O)C(F)(F)F. The third kappa shape index (κ3) is 46.8. The van der Waals surface area contributed by atoms with Crippen molar-refractivity contribution in [2.24, 2.45) is 17.2 Å². The lowest BCUT2D eigenvalue weighted by molar-refractivity contribution is -0.192. The number of aromatic amines is 1. The van der Waals surface area contributed by atoms with Crippen molar-refractivity contribution in [2.75, 3.05) is 57.4 Å². The highest BCUT2D eigenvalue weighted by atomic mass is 32.2. The van der Waals surface area contributed by atoms with E-state index in [4.69, 9.17) is 36.6 Å². The van der Waals surface area contributed by atoms with Crippen LogP contribution < -0.4 is 54.4 Å². The summed E-state index contributed by atoms with van der Waals surface area (Å²) < 4.78 is 43.2. The van der Waals surface area contributed by atoms with Crippen molar-refractivity contribution in [1.29, 1.82) is 0 Å². The molecule has 2 aliphatic rings. The van der Waals surface area contributed by atoms with Gasteiger partial charge in [-0.25, -0.2) is 14.6 Å². The summed E-state index contributed by atoms with van der Waals surface area (Å²) in [6.07, 6.45) is 28.5. The number of hydrogen-bond acceptors (Lipinski definition) is 22. The molecule has 38 heteroatoms. The highest BCUT2D eigenvalue weighted by Crippen LogP contribution is 2.25. The van der Waals surface area contributed by atoms with E-state index in [1.165, 1.54) is 145 Å². The van der Waals surface area contributed by atoms with Gasteiger partial charge in [0.25, 0.3) is 0 Å². The molecule has 1 aromatic carbocycles. The second kappa shape index (κ2) is 64.7. The van der Waals surface area contributed by atoms with E-state index in [0.29, 0.717) is 56.2 Å². The molecule has 702 valence electrons. The van der Waals surface area contributed by atoms with Crippen LogP contribution in [0.2, 0.25) is 0 Å². The first-order valence-corrected chi connectivity index (χ1v) is 45.8. The summed E-state index contributed by atoms with van der Waals surface area (Å²) in [6, 6.07) is -4.04. The molecule has 2 aliphatic heterocycles. The fraction of sp³-hybridized carbons (Fsp3) is 0.733. The Morgan fingerprint density at radius 3 is 1.42 bits per heavy atom. The molecule has 2 fully saturated rings. The smallest absolute Gasteiger partial charge is 0.481 e. The van der Waals surface area contributed by atoms with Gasteiger partial charge in [0.2, 0.25) is 53.2 Å². The molecule has 0 saturated carbocycles. The number of esters is 2. The minimum atomic E-state index is -5.08. The molecule has 2 saturated heterocycles. The first-order valence-electron chi connectivity index (χ1n) is 44.6. The van der Waals surface area contributed by atoms with Crippen molar-refractivity contribution in [3.63, 3.8) is 0 Å². The third-order valence-electron chi connectivity index (χ3n) is 21.5. The van der Waals surface area contributed by atoms with E-state index in [2.05, 4.69) is 61.0 Å². The number of carbonyl (C=O) groups is 14. The molecular formula is C86H141F3N14O20S. The van der Waals surface area contributed by atoms with Crippen LogP contribution in [0.4, 0.5) is 13.2 Å². The van der Waals surface area contributed by atoms with Crippen LogP contribution in [0.5, 0.6) is 0 Å². The number of unbranched alkanes of at least 4 members (excludes halogenated alkanes) is 26. The number of aliphatic hydroxyl groups excluding tert-OH is 1. The van der Waals surface area contributed by atoms with Gasteiger partial charge in [0.15, 0.2) is 0 Å². The van der Waals surface area contributed by atoms with Crippen molar-refractivity contribution >= 4 is 94.8 Å². The number of carboxylic acids is 3. The molecule has 18 N–H and O–H groups in total. The molecule has 124 heavy (non-hydrogen) atoms. The Kier molecular flexibility index (Phi) is 57.0. The minimum absolute atomic E-state index is 0.00653. The van der Waals surface area contributed by atoms with Crippen LogP contribution in [0, 0.1) is 0 Å². The van der Waals surface area contributed by atoms with E-state index < -0.39 is 169 Å². The van der Waals surface area contributed by atoms with Crippen LogP contribution in [0.25, 0.3) is 0 Å². The van der Waals surface area contributed by atoms with Crippen molar-refractivity contribution in [3.8, 4) is 0 Å². The Labute approximate surface area is 731 Å². The van der Waals surface area contributed by atoms with E-state index in [-0.39, 0.29) is 102 Å². The number of nitrogens with zero attached hydrogens (tertiary/aromatic N) is 3. The Bertz CT molecular complexity index is 3490. The summed E-state index contributed by atoms with van der Waals surface area (Å²) in [5.74, 6) is -13.9. The largest absolute Gasteiger partial charge is 0.490 e. The van der Waals surface area contributed by atoms with Gasteiger partial charge in [0, 0.05) is 62.2 Å². The number of likely N-dealkylation sites (tertiary alicyclic amines) is 2. The van der Waals surface area contributed by atoms with Crippen molar-refractivity contribution in [2.45, 2.75) is 344 Å². The normalized spacial score (nSPS) is 15.7. The van der Waals surface area contributed by atoms with Gasteiger partial charge in [-0.05, 0) is 95.7 Å². The van der Waals surface area contributed by atoms with Gasteiger partial charge in [-0.3, -0.25) is 57.5 Å². The molecule has 0 radical (unpaired) electrons. The number of amides is 9. The highest BCUT2D eigenvalue weighted by Gasteiger charge is 2.43. The summed E-state index contributed by atoms with van der Waals surface area (Å²) in [4.78, 5) is 196. The summed E-state index contributed by atoms with van der Waals surface area (Å²) in [6.45, 7) is 3.05. The number of imidazole rings is 1. The lowest BCUT2D eigenvalue weighted by Crippen LogP contribution is -2.60. The lowest BCUT2D eigenvalue weighted by Gasteiger charge is -2.31. The van der Waals surface area contributed by atoms with E-state index >= 15 is 0 Å². The van der Waals surface area contributed by atoms with Crippen LogP contribution in [0.15, 0.2) is 42.9 Å². The first kappa shape index (κ1) is 109. The summed E-state index contributed by atoms with van der Waals surface area (Å²) in [5, 5.41) is 55.1. The van der Waals surface area contributed by atoms with E-state index in [9.17, 15) is 90.8 Å². The second-order valence-electron chi connectivity index (χ2n) is 31.9. The van der Waals surface area contributed by atoms with Crippen LogP contribution in [0.1, 0.15) is 276 Å².